The van der Waals surface area contributed by atoms with E-state index in [9.17, 15) is 19.6 Å². The highest BCUT2D eigenvalue weighted by Gasteiger charge is 2.45. The Bertz CT molecular complexity index is 1140. The van der Waals surface area contributed by atoms with Gasteiger partial charge in [0, 0.05) is 5.56 Å². The van der Waals surface area contributed by atoms with E-state index >= 15 is 0 Å². The van der Waals surface area contributed by atoms with E-state index in [1.165, 1.54) is 6.07 Å². The van der Waals surface area contributed by atoms with Crippen LogP contribution in [0.5, 0.6) is 0 Å². The SMILES string of the molecule is N#CC(=C(O)COC(=O)C1(c2ccccc2F)CCCC1)c1nc2ccccc2[nH]1. The van der Waals surface area contributed by atoms with Gasteiger partial charge in [0.2, 0.25) is 0 Å². The number of para-hydroxylation sites is 2. The van der Waals surface area contributed by atoms with Crippen LogP contribution in [0, 0.1) is 17.1 Å². The van der Waals surface area contributed by atoms with Crippen LogP contribution in [0.2, 0.25) is 0 Å². The molecule has 0 spiro atoms. The van der Waals surface area contributed by atoms with Crippen LogP contribution in [0.3, 0.4) is 0 Å². The van der Waals surface area contributed by atoms with Gasteiger partial charge >= 0.3 is 5.97 Å². The number of H-pyrrole nitrogens is 1. The van der Waals surface area contributed by atoms with Crippen molar-refractivity contribution in [3.63, 3.8) is 0 Å². The molecule has 4 rings (SSSR count). The molecule has 0 unspecified atom stereocenters. The number of esters is 1. The summed E-state index contributed by atoms with van der Waals surface area (Å²) in [7, 11) is 0. The molecule has 152 valence electrons. The molecule has 0 bridgehead atoms. The van der Waals surface area contributed by atoms with Gasteiger partial charge < -0.3 is 14.8 Å². The van der Waals surface area contributed by atoms with Gasteiger partial charge in [-0.25, -0.2) is 9.37 Å². The van der Waals surface area contributed by atoms with Gasteiger partial charge in [0.25, 0.3) is 0 Å². The van der Waals surface area contributed by atoms with E-state index in [-0.39, 0.29) is 11.4 Å². The summed E-state index contributed by atoms with van der Waals surface area (Å²) in [6.45, 7) is -0.491. The normalized spacial score (nSPS) is 16.1. The van der Waals surface area contributed by atoms with Gasteiger partial charge in [0.05, 0.1) is 16.4 Å². The second kappa shape index (κ2) is 7.99. The fraction of sp³-hybridized carbons (Fsp3) is 0.261. The van der Waals surface area contributed by atoms with Crippen molar-refractivity contribution in [2.45, 2.75) is 31.1 Å². The van der Waals surface area contributed by atoms with Crippen LogP contribution in [-0.2, 0) is 14.9 Å². The van der Waals surface area contributed by atoms with E-state index in [1.54, 1.807) is 30.3 Å². The van der Waals surface area contributed by atoms with E-state index in [0.29, 0.717) is 23.9 Å². The molecule has 6 nitrogen and oxygen atoms in total. The lowest BCUT2D eigenvalue weighted by Crippen LogP contribution is -2.36. The molecule has 7 heteroatoms. The summed E-state index contributed by atoms with van der Waals surface area (Å²) in [4.78, 5) is 20.2. The van der Waals surface area contributed by atoms with Crippen LogP contribution >= 0.6 is 0 Å². The van der Waals surface area contributed by atoms with Crippen molar-refractivity contribution in [1.82, 2.24) is 9.97 Å². The number of rotatable bonds is 5. The van der Waals surface area contributed by atoms with Crippen LogP contribution in [0.4, 0.5) is 4.39 Å². The third-order valence-corrected chi connectivity index (χ3v) is 5.60. The summed E-state index contributed by atoms with van der Waals surface area (Å²) < 4.78 is 19.8. The van der Waals surface area contributed by atoms with Crippen molar-refractivity contribution in [1.29, 1.82) is 5.26 Å². The molecule has 0 amide bonds. The van der Waals surface area contributed by atoms with Gasteiger partial charge in [-0.1, -0.05) is 43.2 Å². The molecule has 0 aliphatic heterocycles. The molecule has 30 heavy (non-hydrogen) atoms. The Hall–Kier alpha value is -3.66. The molecule has 1 aliphatic carbocycles. The summed E-state index contributed by atoms with van der Waals surface area (Å²) in [6, 6.07) is 15.3. The van der Waals surface area contributed by atoms with Crippen molar-refractivity contribution >= 4 is 22.6 Å². The van der Waals surface area contributed by atoms with Crippen LogP contribution in [0.15, 0.2) is 54.3 Å². The number of allylic oxidation sites excluding steroid dienone is 1. The Morgan fingerprint density at radius 2 is 1.90 bits per heavy atom. The highest BCUT2D eigenvalue weighted by molar-refractivity contribution is 5.85. The Morgan fingerprint density at radius 1 is 1.20 bits per heavy atom. The predicted octanol–water partition coefficient (Wildman–Crippen LogP) is 4.55. The van der Waals surface area contributed by atoms with Crippen molar-refractivity contribution in [3.8, 4) is 6.07 Å². The number of fused-ring (bicyclic) bond motifs is 1. The Balaban J connectivity index is 1.58. The maximum Gasteiger partial charge on any atom is 0.317 e. The molecule has 1 heterocycles. The van der Waals surface area contributed by atoms with Crippen LogP contribution < -0.4 is 0 Å². The molecule has 1 saturated carbocycles. The Kier molecular flexibility index (Phi) is 5.23. The van der Waals surface area contributed by atoms with E-state index in [4.69, 9.17) is 4.74 Å². The third-order valence-electron chi connectivity index (χ3n) is 5.60. The van der Waals surface area contributed by atoms with Crippen LogP contribution in [-0.4, -0.2) is 27.7 Å². The number of hydrogen-bond donors (Lipinski definition) is 2. The van der Waals surface area contributed by atoms with Gasteiger partial charge in [-0.2, -0.15) is 5.26 Å². The highest BCUT2D eigenvalue weighted by Crippen LogP contribution is 2.43. The topological polar surface area (TPSA) is 99.0 Å². The summed E-state index contributed by atoms with van der Waals surface area (Å²) in [6.07, 6.45) is 2.53. The molecule has 2 aromatic carbocycles. The lowest BCUT2D eigenvalue weighted by atomic mass is 9.78. The first-order chi connectivity index (χ1) is 14.5. The zero-order chi connectivity index (χ0) is 21.1. The number of nitrogens with zero attached hydrogens (tertiary/aromatic N) is 2. The number of imidazole rings is 1. The largest absolute Gasteiger partial charge is 0.507 e. The summed E-state index contributed by atoms with van der Waals surface area (Å²) in [5.41, 5.74) is 0.501. The fourth-order valence-corrected chi connectivity index (χ4v) is 4.08. The van der Waals surface area contributed by atoms with E-state index in [0.717, 1.165) is 18.4 Å². The summed E-state index contributed by atoms with van der Waals surface area (Å²) in [5, 5.41) is 19.9. The average Bonchev–Trinajstić information content (AvgIpc) is 3.41. The molecule has 1 aliphatic rings. The smallest absolute Gasteiger partial charge is 0.317 e. The average molecular weight is 405 g/mol. The Labute approximate surface area is 172 Å². The minimum atomic E-state index is -1.07. The monoisotopic (exact) mass is 405 g/mol. The number of aromatic amines is 1. The van der Waals surface area contributed by atoms with Gasteiger partial charge in [0.1, 0.15) is 24.1 Å². The molecule has 0 radical (unpaired) electrons. The molecule has 2 N–H and O–H groups in total. The molecule has 0 saturated heterocycles. The van der Waals surface area contributed by atoms with Crippen molar-refractivity contribution < 1.29 is 19.0 Å². The van der Waals surface area contributed by atoms with Gasteiger partial charge in [-0.15, -0.1) is 0 Å². The van der Waals surface area contributed by atoms with E-state index in [1.807, 2.05) is 18.2 Å². The van der Waals surface area contributed by atoms with Crippen molar-refractivity contribution in [3.05, 3.63) is 71.5 Å². The number of aromatic nitrogens is 2. The predicted molar refractivity (Wildman–Crippen MR) is 109 cm³/mol. The summed E-state index contributed by atoms with van der Waals surface area (Å²) in [5.74, 6) is -1.27. The number of nitriles is 1. The van der Waals surface area contributed by atoms with Crippen molar-refractivity contribution in [2.75, 3.05) is 6.61 Å². The fourth-order valence-electron chi connectivity index (χ4n) is 4.08. The Morgan fingerprint density at radius 3 is 2.60 bits per heavy atom. The first-order valence-corrected chi connectivity index (χ1v) is 9.75. The quantitative estimate of drug-likeness (QED) is 0.369. The first kappa shape index (κ1) is 19.6. The van der Waals surface area contributed by atoms with Crippen molar-refractivity contribution in [2.24, 2.45) is 0 Å². The number of carbonyl (C=O) groups excluding carboxylic acids is 1. The maximum atomic E-state index is 14.4. The van der Waals surface area contributed by atoms with Gasteiger partial charge in [-0.05, 0) is 31.0 Å². The second-order valence-electron chi connectivity index (χ2n) is 7.38. The lowest BCUT2D eigenvalue weighted by Gasteiger charge is -2.27. The highest BCUT2D eigenvalue weighted by atomic mass is 19.1. The number of aliphatic hydroxyl groups excluding tert-OH is 1. The first-order valence-electron chi connectivity index (χ1n) is 9.75. The number of carbonyl (C=O) groups is 1. The van der Waals surface area contributed by atoms with E-state index in [2.05, 4.69) is 9.97 Å². The third kappa shape index (κ3) is 3.41. The number of nitrogens with one attached hydrogen (secondary N) is 1. The number of benzene rings is 2. The molecular formula is C23H20FN3O3. The molecule has 3 aromatic rings. The zero-order valence-electron chi connectivity index (χ0n) is 16.2. The van der Waals surface area contributed by atoms with Crippen LogP contribution in [0.1, 0.15) is 37.1 Å². The minimum Gasteiger partial charge on any atom is -0.507 e. The van der Waals surface area contributed by atoms with Gasteiger partial charge in [-0.3, -0.25) is 4.79 Å². The number of aliphatic hydroxyl groups is 1. The van der Waals surface area contributed by atoms with E-state index < -0.39 is 29.6 Å². The summed E-state index contributed by atoms with van der Waals surface area (Å²) >= 11 is 0. The molecule has 1 aromatic heterocycles. The number of ether oxygens (including phenoxy) is 1. The minimum absolute atomic E-state index is 0.106. The molecule has 0 atom stereocenters. The number of halogens is 1. The van der Waals surface area contributed by atoms with Crippen LogP contribution in [0.25, 0.3) is 16.6 Å². The lowest BCUT2D eigenvalue weighted by molar-refractivity contribution is -0.150. The number of hydrogen-bond acceptors (Lipinski definition) is 5. The maximum absolute atomic E-state index is 14.4. The van der Waals surface area contributed by atoms with Gasteiger partial charge in [0.15, 0.2) is 11.6 Å². The molecule has 1 fully saturated rings. The molecular weight excluding hydrogens is 385 g/mol. The standard InChI is InChI=1S/C23H20FN3O3/c24-17-8-2-1-7-16(17)23(11-5-6-12-23)22(29)30-14-20(28)15(13-25)21-26-18-9-3-4-10-19(18)27-21/h1-4,7-10,28H,5-6,11-12,14H2,(H,26,27). The second-order valence-corrected chi connectivity index (χ2v) is 7.38. The zero-order valence-corrected chi connectivity index (χ0v) is 16.2.